The highest BCUT2D eigenvalue weighted by Crippen LogP contribution is 2.27. The molecule has 0 aliphatic carbocycles. The smallest absolute Gasteiger partial charge is 0.239 e. The van der Waals surface area contributed by atoms with Gasteiger partial charge in [0.2, 0.25) is 5.91 Å². The molecule has 0 spiro atoms. The average molecular weight is 268 g/mol. The number of carbonyl (C=O) groups is 1. The standard InChI is InChI=1S/C13H17N3O.ClH/c1-2-7-15-13(17)10-16-9-8-14-11-5-3-4-6-12(11)16;/h2-6,14H,1,7-10H2,(H,15,17);1H. The summed E-state index contributed by atoms with van der Waals surface area (Å²) < 4.78 is 0. The molecule has 0 radical (unpaired) electrons. The van der Waals surface area contributed by atoms with E-state index in [0.717, 1.165) is 24.5 Å². The van der Waals surface area contributed by atoms with Gasteiger partial charge in [-0.25, -0.2) is 0 Å². The number of rotatable bonds is 4. The molecule has 1 aliphatic rings. The van der Waals surface area contributed by atoms with Gasteiger partial charge in [0, 0.05) is 19.6 Å². The summed E-state index contributed by atoms with van der Waals surface area (Å²) in [6.45, 7) is 6.21. The van der Waals surface area contributed by atoms with Gasteiger partial charge in [0.1, 0.15) is 0 Å². The summed E-state index contributed by atoms with van der Waals surface area (Å²) in [7, 11) is 0. The molecule has 1 aromatic carbocycles. The van der Waals surface area contributed by atoms with Gasteiger partial charge in [0.15, 0.2) is 0 Å². The number of para-hydroxylation sites is 2. The van der Waals surface area contributed by atoms with Crippen LogP contribution in [0.15, 0.2) is 36.9 Å². The fraction of sp³-hybridized carbons (Fsp3) is 0.308. The molecular weight excluding hydrogens is 250 g/mol. The first-order valence-corrected chi connectivity index (χ1v) is 5.76. The topological polar surface area (TPSA) is 44.4 Å². The number of halogens is 1. The quantitative estimate of drug-likeness (QED) is 0.816. The van der Waals surface area contributed by atoms with Crippen LogP contribution in [0.1, 0.15) is 0 Å². The van der Waals surface area contributed by atoms with E-state index in [1.165, 1.54) is 0 Å². The van der Waals surface area contributed by atoms with Gasteiger partial charge in [-0.05, 0) is 12.1 Å². The molecule has 98 valence electrons. The van der Waals surface area contributed by atoms with E-state index in [1.54, 1.807) is 6.08 Å². The SMILES string of the molecule is C=CCNC(=O)CN1CCNc2ccccc21.Cl. The molecule has 0 saturated heterocycles. The zero-order valence-corrected chi connectivity index (χ0v) is 11.0. The monoisotopic (exact) mass is 267 g/mol. The molecule has 0 saturated carbocycles. The molecule has 0 bridgehead atoms. The maximum atomic E-state index is 11.7. The molecule has 0 fully saturated rings. The van der Waals surface area contributed by atoms with E-state index in [-0.39, 0.29) is 18.3 Å². The Bertz CT molecular complexity index is 422. The summed E-state index contributed by atoms with van der Waals surface area (Å²) in [6, 6.07) is 8.04. The van der Waals surface area contributed by atoms with Crippen LogP contribution >= 0.6 is 12.4 Å². The van der Waals surface area contributed by atoms with E-state index in [0.29, 0.717) is 13.1 Å². The highest BCUT2D eigenvalue weighted by molar-refractivity contribution is 5.85. The van der Waals surface area contributed by atoms with Gasteiger partial charge in [0.05, 0.1) is 17.9 Å². The Morgan fingerprint density at radius 2 is 2.28 bits per heavy atom. The molecule has 1 aliphatic heterocycles. The Labute approximate surface area is 113 Å². The molecule has 0 atom stereocenters. The predicted molar refractivity (Wildman–Crippen MR) is 77.6 cm³/mol. The number of nitrogens with one attached hydrogen (secondary N) is 2. The molecule has 1 amide bonds. The van der Waals surface area contributed by atoms with Gasteiger partial charge in [-0.1, -0.05) is 18.2 Å². The van der Waals surface area contributed by atoms with Crippen molar-refractivity contribution in [2.75, 3.05) is 36.4 Å². The lowest BCUT2D eigenvalue weighted by atomic mass is 10.2. The molecule has 0 aromatic heterocycles. The van der Waals surface area contributed by atoms with E-state index < -0.39 is 0 Å². The number of amides is 1. The summed E-state index contributed by atoms with van der Waals surface area (Å²) in [4.78, 5) is 13.7. The number of anilines is 2. The Kier molecular flexibility index (Phi) is 5.52. The predicted octanol–water partition coefficient (Wildman–Crippen LogP) is 1.64. The molecule has 1 aromatic rings. The number of fused-ring (bicyclic) bond motifs is 1. The average Bonchev–Trinajstić information content (AvgIpc) is 2.37. The van der Waals surface area contributed by atoms with E-state index in [2.05, 4.69) is 22.1 Å². The minimum atomic E-state index is 0. The summed E-state index contributed by atoms with van der Waals surface area (Å²) in [5.41, 5.74) is 2.18. The molecular formula is C13H18ClN3O. The van der Waals surface area contributed by atoms with Crippen LogP contribution in [-0.2, 0) is 4.79 Å². The van der Waals surface area contributed by atoms with Crippen LogP contribution in [-0.4, -0.2) is 32.1 Å². The molecule has 2 rings (SSSR count). The van der Waals surface area contributed by atoms with E-state index in [1.807, 2.05) is 24.3 Å². The fourth-order valence-electron chi connectivity index (χ4n) is 1.92. The largest absolute Gasteiger partial charge is 0.382 e. The second-order valence-electron chi connectivity index (χ2n) is 3.96. The second kappa shape index (κ2) is 6.91. The van der Waals surface area contributed by atoms with Crippen LogP contribution in [0, 0.1) is 0 Å². The number of carbonyl (C=O) groups excluding carboxylic acids is 1. The maximum Gasteiger partial charge on any atom is 0.239 e. The number of nitrogens with zero attached hydrogens (tertiary/aromatic N) is 1. The zero-order valence-electron chi connectivity index (χ0n) is 10.2. The van der Waals surface area contributed by atoms with E-state index >= 15 is 0 Å². The van der Waals surface area contributed by atoms with Crippen molar-refractivity contribution in [1.29, 1.82) is 0 Å². The minimum absolute atomic E-state index is 0. The van der Waals surface area contributed by atoms with Crippen LogP contribution in [0.3, 0.4) is 0 Å². The Balaban J connectivity index is 0.00000162. The normalized spacial score (nSPS) is 12.8. The summed E-state index contributed by atoms with van der Waals surface area (Å²) in [5, 5.41) is 6.11. The van der Waals surface area contributed by atoms with E-state index in [9.17, 15) is 4.79 Å². The van der Waals surface area contributed by atoms with Crippen molar-refractivity contribution in [2.45, 2.75) is 0 Å². The van der Waals surface area contributed by atoms with Gasteiger partial charge in [-0.3, -0.25) is 4.79 Å². The lowest BCUT2D eigenvalue weighted by Crippen LogP contribution is -2.41. The third kappa shape index (κ3) is 3.40. The van der Waals surface area contributed by atoms with Crippen molar-refractivity contribution >= 4 is 29.7 Å². The highest BCUT2D eigenvalue weighted by Gasteiger charge is 2.17. The first kappa shape index (κ1) is 14.4. The van der Waals surface area contributed by atoms with Crippen LogP contribution in [0.5, 0.6) is 0 Å². The molecule has 0 unspecified atom stereocenters. The first-order chi connectivity index (χ1) is 8.31. The van der Waals surface area contributed by atoms with Crippen LogP contribution < -0.4 is 15.5 Å². The van der Waals surface area contributed by atoms with Gasteiger partial charge >= 0.3 is 0 Å². The number of benzene rings is 1. The lowest BCUT2D eigenvalue weighted by Gasteiger charge is -2.31. The summed E-state index contributed by atoms with van der Waals surface area (Å²) in [6.07, 6.45) is 1.68. The Hall–Kier alpha value is -1.68. The minimum Gasteiger partial charge on any atom is -0.382 e. The molecule has 5 heteroatoms. The van der Waals surface area contributed by atoms with Gasteiger partial charge < -0.3 is 15.5 Å². The van der Waals surface area contributed by atoms with Gasteiger partial charge in [-0.2, -0.15) is 0 Å². The Morgan fingerprint density at radius 1 is 1.50 bits per heavy atom. The second-order valence-corrected chi connectivity index (χ2v) is 3.96. The molecule has 2 N–H and O–H groups in total. The number of hydrogen-bond donors (Lipinski definition) is 2. The molecule has 1 heterocycles. The van der Waals surface area contributed by atoms with Crippen molar-refractivity contribution in [2.24, 2.45) is 0 Å². The van der Waals surface area contributed by atoms with Crippen LogP contribution in [0.4, 0.5) is 11.4 Å². The van der Waals surface area contributed by atoms with Crippen molar-refractivity contribution in [3.8, 4) is 0 Å². The van der Waals surface area contributed by atoms with Crippen LogP contribution in [0.25, 0.3) is 0 Å². The maximum absolute atomic E-state index is 11.7. The summed E-state index contributed by atoms with van der Waals surface area (Å²) in [5.74, 6) is 0.0293. The summed E-state index contributed by atoms with van der Waals surface area (Å²) >= 11 is 0. The number of hydrogen-bond acceptors (Lipinski definition) is 3. The van der Waals surface area contributed by atoms with Crippen molar-refractivity contribution in [3.05, 3.63) is 36.9 Å². The molecule has 18 heavy (non-hydrogen) atoms. The highest BCUT2D eigenvalue weighted by atomic mass is 35.5. The van der Waals surface area contributed by atoms with Crippen LogP contribution in [0.2, 0.25) is 0 Å². The molecule has 4 nitrogen and oxygen atoms in total. The van der Waals surface area contributed by atoms with Gasteiger partial charge in [-0.15, -0.1) is 19.0 Å². The van der Waals surface area contributed by atoms with Crippen molar-refractivity contribution < 1.29 is 4.79 Å². The third-order valence-corrected chi connectivity index (χ3v) is 2.72. The third-order valence-electron chi connectivity index (χ3n) is 2.72. The van der Waals surface area contributed by atoms with Crippen molar-refractivity contribution in [3.63, 3.8) is 0 Å². The Morgan fingerprint density at radius 3 is 3.06 bits per heavy atom. The first-order valence-electron chi connectivity index (χ1n) is 5.76. The van der Waals surface area contributed by atoms with E-state index in [4.69, 9.17) is 0 Å². The van der Waals surface area contributed by atoms with Crippen molar-refractivity contribution in [1.82, 2.24) is 5.32 Å². The zero-order chi connectivity index (χ0) is 12.1. The van der Waals surface area contributed by atoms with Gasteiger partial charge in [0.25, 0.3) is 0 Å². The lowest BCUT2D eigenvalue weighted by molar-refractivity contribution is -0.119. The fourth-order valence-corrected chi connectivity index (χ4v) is 1.92.